The lowest BCUT2D eigenvalue weighted by Gasteiger charge is -2.10. The van der Waals surface area contributed by atoms with E-state index in [0.717, 1.165) is 12.3 Å². The summed E-state index contributed by atoms with van der Waals surface area (Å²) in [6.07, 6.45) is -3.38. The Balaban J connectivity index is 2.01. The summed E-state index contributed by atoms with van der Waals surface area (Å²) >= 11 is 10.8. The number of hydrazone groups is 1. The molecule has 0 radical (unpaired) electrons. The molecule has 2 aromatic carbocycles. The second kappa shape index (κ2) is 7.43. The molecule has 0 atom stereocenters. The summed E-state index contributed by atoms with van der Waals surface area (Å²) < 4.78 is 38.5. The number of benzene rings is 2. The molecule has 0 aliphatic carbocycles. The highest BCUT2D eigenvalue weighted by Gasteiger charge is 2.32. The zero-order chi connectivity index (χ0) is 16.9. The molecule has 3 nitrogen and oxygen atoms in total. The number of hydrogen-bond acceptors (Lipinski definition) is 2. The van der Waals surface area contributed by atoms with Crippen LogP contribution < -0.4 is 10.7 Å². The number of thiocarbonyl (C=S) groups is 1. The number of nitrogens with one attached hydrogen (secondary N) is 2. The van der Waals surface area contributed by atoms with Crippen LogP contribution in [0.5, 0.6) is 0 Å². The molecule has 120 valence electrons. The molecule has 0 bridgehead atoms. The fourth-order valence-electron chi connectivity index (χ4n) is 1.75. The first-order chi connectivity index (χ1) is 10.9. The lowest BCUT2D eigenvalue weighted by molar-refractivity contribution is -0.137. The van der Waals surface area contributed by atoms with Crippen molar-refractivity contribution < 1.29 is 13.2 Å². The van der Waals surface area contributed by atoms with Crippen molar-refractivity contribution in [1.82, 2.24) is 5.43 Å². The topological polar surface area (TPSA) is 36.4 Å². The largest absolute Gasteiger partial charge is 0.417 e. The maximum atomic E-state index is 12.8. The standard InChI is InChI=1S/C15H11ClF3N3S/c16-11-5-3-6-12(8-11)21-14(23)22-20-9-10-4-1-2-7-13(10)15(17,18)19/h1-9H,(H2,21,22,23)/b20-9-. The molecule has 2 aromatic rings. The average molecular weight is 358 g/mol. The maximum Gasteiger partial charge on any atom is 0.417 e. The van der Waals surface area contributed by atoms with Gasteiger partial charge in [0, 0.05) is 16.3 Å². The van der Waals surface area contributed by atoms with Crippen molar-refractivity contribution in [2.45, 2.75) is 6.18 Å². The molecule has 0 aliphatic heterocycles. The zero-order valence-corrected chi connectivity index (χ0v) is 13.1. The Morgan fingerprint density at radius 1 is 1.13 bits per heavy atom. The molecular formula is C15H11ClF3N3S. The van der Waals surface area contributed by atoms with Crippen LogP contribution in [0.1, 0.15) is 11.1 Å². The van der Waals surface area contributed by atoms with E-state index in [2.05, 4.69) is 15.8 Å². The van der Waals surface area contributed by atoms with Crippen LogP contribution in [-0.2, 0) is 6.18 Å². The summed E-state index contributed by atoms with van der Waals surface area (Å²) in [6.45, 7) is 0. The molecule has 0 aromatic heterocycles. The van der Waals surface area contributed by atoms with Gasteiger partial charge in [0.2, 0.25) is 0 Å². The van der Waals surface area contributed by atoms with Crippen LogP contribution in [0, 0.1) is 0 Å². The van der Waals surface area contributed by atoms with Crippen molar-refractivity contribution in [3.05, 3.63) is 64.7 Å². The van der Waals surface area contributed by atoms with E-state index in [1.807, 2.05) is 0 Å². The predicted octanol–water partition coefficient (Wildman–Crippen LogP) is 4.68. The molecule has 0 amide bonds. The minimum atomic E-state index is -4.44. The van der Waals surface area contributed by atoms with Crippen LogP contribution in [-0.4, -0.2) is 11.3 Å². The third-order valence-corrected chi connectivity index (χ3v) is 3.15. The van der Waals surface area contributed by atoms with E-state index in [9.17, 15) is 13.2 Å². The van der Waals surface area contributed by atoms with Crippen molar-refractivity contribution in [3.63, 3.8) is 0 Å². The average Bonchev–Trinajstić information content (AvgIpc) is 2.46. The van der Waals surface area contributed by atoms with Gasteiger partial charge in [-0.1, -0.05) is 35.9 Å². The Morgan fingerprint density at radius 2 is 1.87 bits per heavy atom. The van der Waals surface area contributed by atoms with E-state index in [0.29, 0.717) is 10.7 Å². The molecule has 23 heavy (non-hydrogen) atoms. The molecule has 8 heteroatoms. The Morgan fingerprint density at radius 3 is 2.57 bits per heavy atom. The first kappa shape index (κ1) is 17.2. The number of halogens is 4. The molecule has 0 saturated heterocycles. The summed E-state index contributed by atoms with van der Waals surface area (Å²) in [7, 11) is 0. The van der Waals surface area contributed by atoms with Gasteiger partial charge in [-0.3, -0.25) is 5.43 Å². The van der Waals surface area contributed by atoms with Gasteiger partial charge in [-0.05, 0) is 36.5 Å². The minimum Gasteiger partial charge on any atom is -0.331 e. The summed E-state index contributed by atoms with van der Waals surface area (Å²) in [6, 6.07) is 12.0. The van der Waals surface area contributed by atoms with Gasteiger partial charge in [0.15, 0.2) is 5.11 Å². The lowest BCUT2D eigenvalue weighted by atomic mass is 10.1. The molecular weight excluding hydrogens is 347 g/mol. The van der Waals surface area contributed by atoms with Crippen LogP contribution in [0.15, 0.2) is 53.6 Å². The van der Waals surface area contributed by atoms with Gasteiger partial charge >= 0.3 is 6.18 Å². The minimum absolute atomic E-state index is 0.0574. The van der Waals surface area contributed by atoms with Crippen molar-refractivity contribution in [1.29, 1.82) is 0 Å². The molecule has 2 N–H and O–H groups in total. The number of alkyl halides is 3. The van der Waals surface area contributed by atoms with E-state index < -0.39 is 11.7 Å². The van der Waals surface area contributed by atoms with Gasteiger partial charge in [0.05, 0.1) is 11.8 Å². The van der Waals surface area contributed by atoms with E-state index in [1.54, 1.807) is 24.3 Å². The van der Waals surface area contributed by atoms with Gasteiger partial charge < -0.3 is 5.32 Å². The molecule has 0 heterocycles. The Hall–Kier alpha value is -2.12. The first-order valence-electron chi connectivity index (χ1n) is 6.38. The van der Waals surface area contributed by atoms with Crippen LogP contribution >= 0.6 is 23.8 Å². The normalized spacial score (nSPS) is 11.5. The van der Waals surface area contributed by atoms with E-state index in [-0.39, 0.29) is 10.7 Å². The zero-order valence-electron chi connectivity index (χ0n) is 11.6. The van der Waals surface area contributed by atoms with Gasteiger partial charge in [-0.15, -0.1) is 0 Å². The Bertz CT molecular complexity index is 732. The van der Waals surface area contributed by atoms with Gasteiger partial charge in [-0.25, -0.2) is 0 Å². The first-order valence-corrected chi connectivity index (χ1v) is 7.17. The second-order valence-corrected chi connectivity index (χ2v) is 5.26. The third-order valence-electron chi connectivity index (χ3n) is 2.72. The number of hydrogen-bond donors (Lipinski definition) is 2. The summed E-state index contributed by atoms with van der Waals surface area (Å²) in [5, 5.41) is 7.20. The highest BCUT2D eigenvalue weighted by molar-refractivity contribution is 7.80. The monoisotopic (exact) mass is 357 g/mol. The van der Waals surface area contributed by atoms with E-state index in [4.69, 9.17) is 23.8 Å². The van der Waals surface area contributed by atoms with Crippen LogP contribution in [0.2, 0.25) is 5.02 Å². The van der Waals surface area contributed by atoms with Crippen molar-refractivity contribution in [2.24, 2.45) is 5.10 Å². The van der Waals surface area contributed by atoms with Crippen molar-refractivity contribution >= 4 is 40.8 Å². The lowest BCUT2D eigenvalue weighted by Crippen LogP contribution is -2.24. The summed E-state index contributed by atoms with van der Waals surface area (Å²) in [5.41, 5.74) is 2.27. The number of anilines is 1. The Labute approximate surface area is 141 Å². The van der Waals surface area contributed by atoms with Crippen molar-refractivity contribution in [3.8, 4) is 0 Å². The van der Waals surface area contributed by atoms with Crippen molar-refractivity contribution in [2.75, 3.05) is 5.32 Å². The molecule has 0 aliphatic rings. The molecule has 0 fully saturated rings. The smallest absolute Gasteiger partial charge is 0.331 e. The van der Waals surface area contributed by atoms with Crippen LogP contribution in [0.4, 0.5) is 18.9 Å². The second-order valence-electron chi connectivity index (χ2n) is 4.42. The van der Waals surface area contributed by atoms with Crippen LogP contribution in [0.3, 0.4) is 0 Å². The van der Waals surface area contributed by atoms with Gasteiger partial charge in [0.25, 0.3) is 0 Å². The molecule has 2 rings (SSSR count). The summed E-state index contributed by atoms with van der Waals surface area (Å²) in [5.74, 6) is 0. The molecule has 0 spiro atoms. The third kappa shape index (κ3) is 5.22. The fraction of sp³-hybridized carbons (Fsp3) is 0.0667. The summed E-state index contributed by atoms with van der Waals surface area (Å²) in [4.78, 5) is 0. The SMILES string of the molecule is FC(F)(F)c1ccccc1/C=N\NC(=S)Nc1cccc(Cl)c1. The fourth-order valence-corrected chi connectivity index (χ4v) is 2.11. The number of rotatable bonds is 3. The van der Waals surface area contributed by atoms with E-state index >= 15 is 0 Å². The Kier molecular flexibility index (Phi) is 5.57. The van der Waals surface area contributed by atoms with Gasteiger partial charge in [-0.2, -0.15) is 18.3 Å². The predicted molar refractivity (Wildman–Crippen MR) is 89.8 cm³/mol. The quantitative estimate of drug-likeness (QED) is 0.476. The highest BCUT2D eigenvalue weighted by atomic mass is 35.5. The van der Waals surface area contributed by atoms with Crippen LogP contribution in [0.25, 0.3) is 0 Å². The maximum absolute atomic E-state index is 12.8. The van der Waals surface area contributed by atoms with E-state index in [1.165, 1.54) is 18.2 Å². The number of nitrogens with zero attached hydrogens (tertiary/aromatic N) is 1. The highest BCUT2D eigenvalue weighted by Crippen LogP contribution is 2.31. The molecule has 0 unspecified atom stereocenters. The van der Waals surface area contributed by atoms with Gasteiger partial charge in [0.1, 0.15) is 0 Å². The molecule has 0 saturated carbocycles.